The molecule has 2 heterocycles. The van der Waals surface area contributed by atoms with Crippen molar-refractivity contribution in [2.24, 2.45) is 0 Å². The Labute approximate surface area is 173 Å². The number of hydrogen-bond donors (Lipinski definition) is 2. The average molecular weight is 402 g/mol. The maximum absolute atomic E-state index is 12.4. The summed E-state index contributed by atoms with van der Waals surface area (Å²) in [6.45, 7) is 1.81. The van der Waals surface area contributed by atoms with Crippen LogP contribution < -0.4 is 15.5 Å². The van der Waals surface area contributed by atoms with Crippen molar-refractivity contribution in [3.05, 3.63) is 100 Å². The van der Waals surface area contributed by atoms with Crippen LogP contribution in [0.3, 0.4) is 0 Å². The van der Waals surface area contributed by atoms with Crippen LogP contribution in [0.1, 0.15) is 22.8 Å². The molecule has 0 spiro atoms. The maximum atomic E-state index is 12.4. The Hall–Kier alpha value is -3.80. The highest BCUT2D eigenvalue weighted by Crippen LogP contribution is 2.30. The summed E-state index contributed by atoms with van der Waals surface area (Å²) in [5, 5.41) is 4.04. The highest BCUT2D eigenvalue weighted by atomic mass is 16.5. The minimum Gasteiger partial charge on any atom is -0.477 e. The van der Waals surface area contributed by atoms with Crippen molar-refractivity contribution < 1.29 is 13.9 Å². The van der Waals surface area contributed by atoms with E-state index in [1.54, 1.807) is 6.92 Å². The molecular formula is C24H22N2O4. The standard InChI is InChI=1S/C24H22N2O4/c1-16-11-22(27)23(14-29-16)30-15-24(28)26-12-19(17-7-3-2-4-8-17)20-13-25-21-10-6-5-9-18(20)21/h2-11,13-14,19,25H,12,15H2,1H3,(H,26,28)/t19-/m1/s1. The summed E-state index contributed by atoms with van der Waals surface area (Å²) in [7, 11) is 0. The molecule has 0 saturated carbocycles. The second-order valence-electron chi connectivity index (χ2n) is 7.06. The topological polar surface area (TPSA) is 84.3 Å². The normalized spacial score (nSPS) is 11.9. The van der Waals surface area contributed by atoms with Gasteiger partial charge in [-0.1, -0.05) is 48.5 Å². The van der Waals surface area contributed by atoms with Crippen LogP contribution in [0.5, 0.6) is 5.75 Å². The molecule has 0 saturated heterocycles. The molecule has 6 nitrogen and oxygen atoms in total. The Morgan fingerprint density at radius 1 is 1.13 bits per heavy atom. The van der Waals surface area contributed by atoms with E-state index in [0.717, 1.165) is 22.0 Å². The lowest BCUT2D eigenvalue weighted by atomic mass is 9.91. The van der Waals surface area contributed by atoms with Gasteiger partial charge in [0, 0.05) is 35.6 Å². The molecule has 2 N–H and O–H groups in total. The van der Waals surface area contributed by atoms with Crippen molar-refractivity contribution in [2.75, 3.05) is 13.2 Å². The van der Waals surface area contributed by atoms with Gasteiger partial charge in [-0.15, -0.1) is 0 Å². The third-order valence-corrected chi connectivity index (χ3v) is 4.99. The number of aromatic nitrogens is 1. The molecule has 2 aromatic heterocycles. The molecular weight excluding hydrogens is 380 g/mol. The van der Waals surface area contributed by atoms with Crippen LogP contribution in [0.2, 0.25) is 0 Å². The molecule has 0 aliphatic heterocycles. The van der Waals surface area contributed by atoms with Gasteiger partial charge in [-0.25, -0.2) is 0 Å². The van der Waals surface area contributed by atoms with Gasteiger partial charge in [0.1, 0.15) is 12.0 Å². The number of carbonyl (C=O) groups is 1. The van der Waals surface area contributed by atoms with Crippen LogP contribution in [-0.4, -0.2) is 24.0 Å². The minimum absolute atomic E-state index is 0.0204. The predicted octanol–water partition coefficient (Wildman–Crippen LogP) is 3.76. The van der Waals surface area contributed by atoms with Crippen LogP contribution in [0.4, 0.5) is 0 Å². The van der Waals surface area contributed by atoms with Crippen LogP contribution in [0.15, 0.2) is 82.3 Å². The summed E-state index contributed by atoms with van der Waals surface area (Å²) in [5.74, 6) is 0.166. The lowest BCUT2D eigenvalue weighted by Crippen LogP contribution is -2.33. The average Bonchev–Trinajstić information content (AvgIpc) is 3.18. The number of nitrogens with one attached hydrogen (secondary N) is 2. The molecule has 4 rings (SSSR count). The van der Waals surface area contributed by atoms with E-state index in [0.29, 0.717) is 12.3 Å². The first-order chi connectivity index (χ1) is 14.6. The first kappa shape index (κ1) is 19.5. The van der Waals surface area contributed by atoms with Crippen molar-refractivity contribution in [3.8, 4) is 5.75 Å². The molecule has 4 aromatic rings. The van der Waals surface area contributed by atoms with Gasteiger partial charge in [0.25, 0.3) is 5.91 Å². The van der Waals surface area contributed by atoms with E-state index < -0.39 is 0 Å². The number of para-hydroxylation sites is 1. The number of aryl methyl sites for hydroxylation is 1. The monoisotopic (exact) mass is 402 g/mol. The fraction of sp³-hybridized carbons (Fsp3) is 0.167. The highest BCUT2D eigenvalue weighted by Gasteiger charge is 2.19. The number of hydrogen-bond acceptors (Lipinski definition) is 4. The highest BCUT2D eigenvalue weighted by molar-refractivity contribution is 5.84. The van der Waals surface area contributed by atoms with E-state index in [4.69, 9.17) is 9.15 Å². The molecule has 0 aliphatic carbocycles. The fourth-order valence-corrected chi connectivity index (χ4v) is 3.48. The molecule has 0 fully saturated rings. The molecule has 0 radical (unpaired) electrons. The number of ether oxygens (including phenoxy) is 1. The van der Waals surface area contributed by atoms with Crippen LogP contribution in [-0.2, 0) is 4.79 Å². The van der Waals surface area contributed by atoms with Crippen molar-refractivity contribution >= 4 is 16.8 Å². The molecule has 1 amide bonds. The Morgan fingerprint density at radius 3 is 2.70 bits per heavy atom. The van der Waals surface area contributed by atoms with Gasteiger partial charge in [0.2, 0.25) is 11.2 Å². The number of H-pyrrole nitrogens is 1. The van der Waals surface area contributed by atoms with Gasteiger partial charge in [0.05, 0.1) is 0 Å². The lowest BCUT2D eigenvalue weighted by molar-refractivity contribution is -0.123. The molecule has 0 unspecified atom stereocenters. The maximum Gasteiger partial charge on any atom is 0.257 e. The second-order valence-corrected chi connectivity index (χ2v) is 7.06. The van der Waals surface area contributed by atoms with E-state index in [1.807, 2.05) is 54.7 Å². The van der Waals surface area contributed by atoms with Gasteiger partial charge in [-0.05, 0) is 24.1 Å². The first-order valence-corrected chi connectivity index (χ1v) is 9.71. The van der Waals surface area contributed by atoms with E-state index >= 15 is 0 Å². The third kappa shape index (κ3) is 4.27. The third-order valence-electron chi connectivity index (χ3n) is 4.99. The van der Waals surface area contributed by atoms with Gasteiger partial charge < -0.3 is 19.5 Å². The minimum atomic E-state index is -0.312. The molecule has 0 bridgehead atoms. The quantitative estimate of drug-likeness (QED) is 0.493. The second kappa shape index (κ2) is 8.69. The van der Waals surface area contributed by atoms with Gasteiger partial charge >= 0.3 is 0 Å². The van der Waals surface area contributed by atoms with Gasteiger partial charge in [0.15, 0.2) is 6.61 Å². The zero-order chi connectivity index (χ0) is 20.9. The number of amides is 1. The Morgan fingerprint density at radius 2 is 1.90 bits per heavy atom. The largest absolute Gasteiger partial charge is 0.477 e. The zero-order valence-corrected chi connectivity index (χ0v) is 16.6. The number of carbonyl (C=O) groups excluding carboxylic acids is 1. The van der Waals surface area contributed by atoms with E-state index in [-0.39, 0.29) is 29.6 Å². The van der Waals surface area contributed by atoms with Crippen molar-refractivity contribution in [2.45, 2.75) is 12.8 Å². The van der Waals surface area contributed by atoms with Gasteiger partial charge in [-0.2, -0.15) is 0 Å². The van der Waals surface area contributed by atoms with E-state index in [2.05, 4.69) is 16.4 Å². The summed E-state index contributed by atoms with van der Waals surface area (Å²) >= 11 is 0. The van der Waals surface area contributed by atoms with Crippen LogP contribution in [0.25, 0.3) is 10.9 Å². The lowest BCUT2D eigenvalue weighted by Gasteiger charge is -2.18. The van der Waals surface area contributed by atoms with E-state index in [1.165, 1.54) is 12.3 Å². The number of aromatic amines is 1. The summed E-state index contributed by atoms with van der Waals surface area (Å²) in [5.41, 5.74) is 2.95. The zero-order valence-electron chi connectivity index (χ0n) is 16.6. The summed E-state index contributed by atoms with van der Waals surface area (Å²) in [4.78, 5) is 27.6. The fourth-order valence-electron chi connectivity index (χ4n) is 3.48. The Kier molecular flexibility index (Phi) is 5.66. The van der Waals surface area contributed by atoms with Crippen molar-refractivity contribution in [3.63, 3.8) is 0 Å². The van der Waals surface area contributed by atoms with E-state index in [9.17, 15) is 9.59 Å². The number of rotatable bonds is 7. The molecule has 6 heteroatoms. The SMILES string of the molecule is Cc1cc(=O)c(OCC(=O)NC[C@H](c2ccccc2)c2c[nH]c3ccccc23)co1. The van der Waals surface area contributed by atoms with Crippen LogP contribution >= 0.6 is 0 Å². The first-order valence-electron chi connectivity index (χ1n) is 9.71. The number of benzene rings is 2. The van der Waals surface area contributed by atoms with Crippen molar-refractivity contribution in [1.29, 1.82) is 0 Å². The number of fused-ring (bicyclic) bond motifs is 1. The molecule has 1 atom stereocenters. The molecule has 30 heavy (non-hydrogen) atoms. The van der Waals surface area contributed by atoms with Gasteiger partial charge in [-0.3, -0.25) is 9.59 Å². The molecule has 152 valence electrons. The van der Waals surface area contributed by atoms with Crippen molar-refractivity contribution in [1.82, 2.24) is 10.3 Å². The Bertz CT molecular complexity index is 1210. The Balaban J connectivity index is 1.48. The molecule has 2 aromatic carbocycles. The summed E-state index contributed by atoms with van der Waals surface area (Å²) < 4.78 is 10.5. The molecule has 0 aliphatic rings. The smallest absolute Gasteiger partial charge is 0.257 e. The summed E-state index contributed by atoms with van der Waals surface area (Å²) in [6, 6.07) is 19.4. The van der Waals surface area contributed by atoms with Crippen LogP contribution in [0, 0.1) is 6.92 Å². The predicted molar refractivity (Wildman–Crippen MR) is 115 cm³/mol. The summed E-state index contributed by atoms with van der Waals surface area (Å²) in [6.07, 6.45) is 3.21.